The zero-order valence-corrected chi connectivity index (χ0v) is 10.2. The minimum atomic E-state index is 0.594. The summed E-state index contributed by atoms with van der Waals surface area (Å²) < 4.78 is 0. The lowest BCUT2D eigenvalue weighted by Gasteiger charge is -2.14. The van der Waals surface area contributed by atoms with Crippen molar-refractivity contribution in [3.05, 3.63) is 23.4 Å². The van der Waals surface area contributed by atoms with Crippen LogP contribution in [0.4, 0.5) is 5.82 Å². The van der Waals surface area contributed by atoms with Crippen molar-refractivity contribution < 1.29 is 0 Å². The van der Waals surface area contributed by atoms with Gasteiger partial charge in [-0.15, -0.1) is 0 Å². The second-order valence-corrected chi connectivity index (χ2v) is 4.75. The Balaban J connectivity index is 2.11. The molecule has 0 aliphatic heterocycles. The van der Waals surface area contributed by atoms with Gasteiger partial charge >= 0.3 is 0 Å². The van der Waals surface area contributed by atoms with E-state index in [1.807, 2.05) is 6.20 Å². The number of pyridine rings is 1. The molecule has 0 amide bonds. The Kier molecular flexibility index (Phi) is 3.44. The largest absolute Gasteiger partial charge is 0.383 e. The molecule has 0 bridgehead atoms. The van der Waals surface area contributed by atoms with Crippen molar-refractivity contribution >= 4 is 5.82 Å². The SMILES string of the molecule is CCNC1CCC(c2cc(C)cnc2N)C1. The fourth-order valence-corrected chi connectivity index (χ4v) is 2.67. The summed E-state index contributed by atoms with van der Waals surface area (Å²) in [7, 11) is 0. The van der Waals surface area contributed by atoms with Crippen molar-refractivity contribution in [3.8, 4) is 0 Å². The minimum absolute atomic E-state index is 0.594. The fourth-order valence-electron chi connectivity index (χ4n) is 2.67. The van der Waals surface area contributed by atoms with Crippen LogP contribution in [0, 0.1) is 6.92 Å². The Labute approximate surface area is 97.5 Å². The van der Waals surface area contributed by atoms with Gasteiger partial charge in [-0.25, -0.2) is 4.98 Å². The molecule has 3 heteroatoms. The summed E-state index contributed by atoms with van der Waals surface area (Å²) in [6.45, 7) is 5.29. The lowest BCUT2D eigenvalue weighted by molar-refractivity contribution is 0.535. The zero-order valence-electron chi connectivity index (χ0n) is 10.2. The summed E-state index contributed by atoms with van der Waals surface area (Å²) in [5.41, 5.74) is 8.41. The number of nitrogens with zero attached hydrogens (tertiary/aromatic N) is 1. The molecule has 1 aliphatic rings. The molecule has 3 nitrogen and oxygen atoms in total. The monoisotopic (exact) mass is 219 g/mol. The van der Waals surface area contributed by atoms with E-state index in [4.69, 9.17) is 5.73 Å². The molecule has 2 atom stereocenters. The van der Waals surface area contributed by atoms with E-state index >= 15 is 0 Å². The summed E-state index contributed by atoms with van der Waals surface area (Å²) in [6.07, 6.45) is 5.53. The van der Waals surface area contributed by atoms with E-state index in [1.165, 1.54) is 30.4 Å². The highest BCUT2D eigenvalue weighted by Crippen LogP contribution is 2.36. The predicted octanol–water partition coefficient (Wildman–Crippen LogP) is 2.22. The molecule has 1 aromatic rings. The topological polar surface area (TPSA) is 50.9 Å². The van der Waals surface area contributed by atoms with Gasteiger partial charge in [0.15, 0.2) is 0 Å². The second kappa shape index (κ2) is 4.83. The Morgan fingerprint density at radius 2 is 2.31 bits per heavy atom. The van der Waals surface area contributed by atoms with Crippen LogP contribution in [0.25, 0.3) is 0 Å². The lowest BCUT2D eigenvalue weighted by Crippen LogP contribution is -2.25. The molecule has 2 unspecified atom stereocenters. The Bertz CT molecular complexity index is 362. The Morgan fingerprint density at radius 3 is 3.06 bits per heavy atom. The normalized spacial score (nSPS) is 24.9. The molecule has 1 aliphatic carbocycles. The van der Waals surface area contributed by atoms with Gasteiger partial charge in [0.1, 0.15) is 5.82 Å². The van der Waals surface area contributed by atoms with Crippen LogP contribution in [-0.4, -0.2) is 17.6 Å². The van der Waals surface area contributed by atoms with Crippen molar-refractivity contribution in [3.63, 3.8) is 0 Å². The summed E-state index contributed by atoms with van der Waals surface area (Å²) in [5.74, 6) is 1.31. The number of nitrogen functional groups attached to an aromatic ring is 1. The quantitative estimate of drug-likeness (QED) is 0.819. The molecule has 0 radical (unpaired) electrons. The maximum Gasteiger partial charge on any atom is 0.126 e. The number of aryl methyl sites for hydroxylation is 1. The summed E-state index contributed by atoms with van der Waals surface area (Å²) in [5, 5.41) is 3.52. The standard InChI is InChI=1S/C13H21N3/c1-3-15-11-5-4-10(7-11)12-6-9(2)8-16-13(12)14/h6,8,10-11,15H,3-5,7H2,1-2H3,(H2,14,16). The molecule has 2 rings (SSSR count). The number of nitrogens with one attached hydrogen (secondary N) is 1. The summed E-state index contributed by atoms with van der Waals surface area (Å²) >= 11 is 0. The molecular weight excluding hydrogens is 198 g/mol. The van der Waals surface area contributed by atoms with E-state index in [0.717, 1.165) is 6.54 Å². The molecule has 16 heavy (non-hydrogen) atoms. The Hall–Kier alpha value is -1.09. The van der Waals surface area contributed by atoms with Gasteiger partial charge in [-0.05, 0) is 49.8 Å². The lowest BCUT2D eigenvalue weighted by atomic mass is 9.97. The molecule has 3 N–H and O–H groups in total. The average Bonchev–Trinajstić information content (AvgIpc) is 2.71. The molecule has 1 aromatic heterocycles. The van der Waals surface area contributed by atoms with Crippen LogP contribution in [0.5, 0.6) is 0 Å². The predicted molar refractivity (Wildman–Crippen MR) is 67.4 cm³/mol. The third-order valence-electron chi connectivity index (χ3n) is 3.45. The van der Waals surface area contributed by atoms with Crippen LogP contribution in [-0.2, 0) is 0 Å². The number of hydrogen-bond acceptors (Lipinski definition) is 3. The van der Waals surface area contributed by atoms with Crippen molar-refractivity contribution in [2.75, 3.05) is 12.3 Å². The summed E-state index contributed by atoms with van der Waals surface area (Å²) in [6, 6.07) is 2.86. The van der Waals surface area contributed by atoms with Crippen molar-refractivity contribution in [2.24, 2.45) is 0 Å². The van der Waals surface area contributed by atoms with Crippen LogP contribution in [0.2, 0.25) is 0 Å². The third kappa shape index (κ3) is 2.35. The van der Waals surface area contributed by atoms with Crippen LogP contribution >= 0.6 is 0 Å². The third-order valence-corrected chi connectivity index (χ3v) is 3.45. The van der Waals surface area contributed by atoms with E-state index in [1.54, 1.807) is 0 Å². The second-order valence-electron chi connectivity index (χ2n) is 4.75. The molecule has 0 spiro atoms. The first-order valence-corrected chi connectivity index (χ1v) is 6.16. The first-order valence-electron chi connectivity index (χ1n) is 6.16. The molecule has 1 fully saturated rings. The van der Waals surface area contributed by atoms with E-state index in [-0.39, 0.29) is 0 Å². The van der Waals surface area contributed by atoms with Gasteiger partial charge < -0.3 is 11.1 Å². The van der Waals surface area contributed by atoms with Gasteiger partial charge in [0.2, 0.25) is 0 Å². The average molecular weight is 219 g/mol. The maximum atomic E-state index is 5.96. The maximum absolute atomic E-state index is 5.96. The van der Waals surface area contributed by atoms with E-state index in [9.17, 15) is 0 Å². The zero-order chi connectivity index (χ0) is 11.5. The minimum Gasteiger partial charge on any atom is -0.383 e. The molecule has 0 saturated heterocycles. The van der Waals surface area contributed by atoms with Gasteiger partial charge in [-0.2, -0.15) is 0 Å². The number of nitrogens with two attached hydrogens (primary N) is 1. The van der Waals surface area contributed by atoms with Gasteiger partial charge in [-0.3, -0.25) is 0 Å². The van der Waals surface area contributed by atoms with Gasteiger partial charge in [0, 0.05) is 12.2 Å². The summed E-state index contributed by atoms with van der Waals surface area (Å²) in [4.78, 5) is 4.25. The van der Waals surface area contributed by atoms with E-state index in [2.05, 4.69) is 30.2 Å². The van der Waals surface area contributed by atoms with Crippen molar-refractivity contribution in [2.45, 2.75) is 45.1 Å². The van der Waals surface area contributed by atoms with Crippen LogP contribution in [0.3, 0.4) is 0 Å². The first kappa shape index (κ1) is 11.4. The first-order chi connectivity index (χ1) is 7.70. The highest BCUT2D eigenvalue weighted by atomic mass is 14.9. The van der Waals surface area contributed by atoms with E-state index in [0.29, 0.717) is 17.8 Å². The van der Waals surface area contributed by atoms with E-state index < -0.39 is 0 Å². The highest BCUT2D eigenvalue weighted by molar-refractivity contribution is 5.43. The number of anilines is 1. The molecule has 88 valence electrons. The van der Waals surface area contributed by atoms with Gasteiger partial charge in [0.25, 0.3) is 0 Å². The van der Waals surface area contributed by atoms with Crippen molar-refractivity contribution in [1.82, 2.24) is 10.3 Å². The molecule has 1 heterocycles. The van der Waals surface area contributed by atoms with Crippen LogP contribution in [0.1, 0.15) is 43.2 Å². The number of aromatic nitrogens is 1. The fraction of sp³-hybridized carbons (Fsp3) is 0.615. The molecule has 0 aromatic carbocycles. The van der Waals surface area contributed by atoms with Gasteiger partial charge in [-0.1, -0.05) is 13.0 Å². The molecular formula is C13H21N3. The Morgan fingerprint density at radius 1 is 1.50 bits per heavy atom. The van der Waals surface area contributed by atoms with Gasteiger partial charge in [0.05, 0.1) is 0 Å². The smallest absolute Gasteiger partial charge is 0.126 e. The number of rotatable bonds is 3. The van der Waals surface area contributed by atoms with Crippen LogP contribution < -0.4 is 11.1 Å². The number of hydrogen-bond donors (Lipinski definition) is 2. The molecule has 1 saturated carbocycles. The van der Waals surface area contributed by atoms with Crippen LogP contribution in [0.15, 0.2) is 12.3 Å². The van der Waals surface area contributed by atoms with Crippen molar-refractivity contribution in [1.29, 1.82) is 0 Å². The highest BCUT2D eigenvalue weighted by Gasteiger charge is 2.26.